The van der Waals surface area contributed by atoms with Gasteiger partial charge in [0.05, 0.1) is 12.7 Å². The Morgan fingerprint density at radius 3 is 2.68 bits per heavy atom. The van der Waals surface area contributed by atoms with Crippen molar-refractivity contribution >= 4 is 21.4 Å². The third-order valence-corrected chi connectivity index (χ3v) is 5.55. The highest BCUT2D eigenvalue weighted by Crippen LogP contribution is 2.19. The van der Waals surface area contributed by atoms with Crippen LogP contribution in [0.4, 0.5) is 0 Å². The maximum absolute atomic E-state index is 11.9. The van der Waals surface area contributed by atoms with Gasteiger partial charge < -0.3 is 4.74 Å². The van der Waals surface area contributed by atoms with Gasteiger partial charge in [-0.3, -0.25) is 4.98 Å². The van der Waals surface area contributed by atoms with E-state index in [2.05, 4.69) is 21.5 Å². The zero-order chi connectivity index (χ0) is 16.0. The molecule has 0 saturated carbocycles. The van der Waals surface area contributed by atoms with Gasteiger partial charge in [0.1, 0.15) is 16.6 Å². The highest BCUT2D eigenvalue weighted by Gasteiger charge is 2.14. The molecule has 0 fully saturated rings. The molecule has 7 heteroatoms. The van der Waals surface area contributed by atoms with Crippen molar-refractivity contribution in [3.8, 4) is 17.6 Å². The lowest BCUT2D eigenvalue weighted by atomic mass is 10.4. The van der Waals surface area contributed by atoms with Crippen LogP contribution in [0.2, 0.25) is 0 Å². The summed E-state index contributed by atoms with van der Waals surface area (Å²) in [5, 5.41) is 0. The predicted molar refractivity (Wildman–Crippen MR) is 86.5 cm³/mol. The molecule has 0 amide bonds. The van der Waals surface area contributed by atoms with Gasteiger partial charge in [-0.25, -0.2) is 8.42 Å². The Balaban J connectivity index is 1.78. The molecular formula is C15H16N2O3S2. The monoisotopic (exact) mass is 336 g/mol. The van der Waals surface area contributed by atoms with Crippen molar-refractivity contribution in [2.75, 3.05) is 13.2 Å². The SMILES string of the molecule is Cc1ccc(OCC#CCNS(=O)(=O)c2ccc(C)s2)cn1. The topological polar surface area (TPSA) is 68.3 Å². The summed E-state index contributed by atoms with van der Waals surface area (Å²) in [6.07, 6.45) is 1.62. The Morgan fingerprint density at radius 2 is 2.05 bits per heavy atom. The van der Waals surface area contributed by atoms with Crippen molar-refractivity contribution in [3.63, 3.8) is 0 Å². The molecule has 1 N–H and O–H groups in total. The summed E-state index contributed by atoms with van der Waals surface area (Å²) in [6.45, 7) is 3.99. The molecule has 0 aliphatic carbocycles. The van der Waals surface area contributed by atoms with E-state index in [4.69, 9.17) is 4.74 Å². The van der Waals surface area contributed by atoms with E-state index in [0.717, 1.165) is 10.6 Å². The lowest BCUT2D eigenvalue weighted by Gasteiger charge is -2.01. The Kier molecular flexibility index (Phi) is 5.55. The summed E-state index contributed by atoms with van der Waals surface area (Å²) >= 11 is 1.23. The Labute approximate surface area is 134 Å². The average molecular weight is 336 g/mol. The molecular weight excluding hydrogens is 320 g/mol. The van der Waals surface area contributed by atoms with E-state index >= 15 is 0 Å². The summed E-state index contributed by atoms with van der Waals surface area (Å²) in [6, 6.07) is 7.02. The number of aryl methyl sites for hydroxylation is 2. The van der Waals surface area contributed by atoms with Gasteiger partial charge in [0.2, 0.25) is 0 Å². The summed E-state index contributed by atoms with van der Waals surface area (Å²) in [7, 11) is -3.47. The third-order valence-electron chi connectivity index (χ3n) is 2.65. The fourth-order valence-corrected chi connectivity index (χ4v) is 3.78. The normalized spacial score (nSPS) is 10.8. The Morgan fingerprint density at radius 1 is 1.23 bits per heavy atom. The molecule has 0 aromatic carbocycles. The molecule has 0 aliphatic rings. The van der Waals surface area contributed by atoms with Gasteiger partial charge in [0.15, 0.2) is 0 Å². The van der Waals surface area contributed by atoms with Crippen molar-refractivity contribution < 1.29 is 13.2 Å². The first-order valence-corrected chi connectivity index (χ1v) is 8.84. The minimum atomic E-state index is -3.47. The number of ether oxygens (including phenoxy) is 1. The van der Waals surface area contributed by atoms with Gasteiger partial charge in [0, 0.05) is 10.6 Å². The molecule has 0 spiro atoms. The molecule has 0 bridgehead atoms. The average Bonchev–Trinajstić information content (AvgIpc) is 2.92. The van der Waals surface area contributed by atoms with Crippen LogP contribution in [0, 0.1) is 25.7 Å². The van der Waals surface area contributed by atoms with Gasteiger partial charge in [0.25, 0.3) is 10.0 Å². The highest BCUT2D eigenvalue weighted by molar-refractivity contribution is 7.91. The summed E-state index contributed by atoms with van der Waals surface area (Å²) in [5.41, 5.74) is 0.914. The summed E-state index contributed by atoms with van der Waals surface area (Å²) in [4.78, 5) is 5.05. The first-order chi connectivity index (χ1) is 10.5. The number of thiophene rings is 1. The molecule has 0 aliphatic heterocycles. The quantitative estimate of drug-likeness (QED) is 0.849. The molecule has 0 atom stereocenters. The third kappa shape index (κ3) is 4.84. The van der Waals surface area contributed by atoms with Crippen LogP contribution in [0.15, 0.2) is 34.7 Å². The van der Waals surface area contributed by atoms with E-state index in [1.165, 1.54) is 11.3 Å². The van der Waals surface area contributed by atoms with Crippen molar-refractivity contribution in [3.05, 3.63) is 41.0 Å². The maximum atomic E-state index is 11.9. The smallest absolute Gasteiger partial charge is 0.250 e. The Hall–Kier alpha value is -1.88. The van der Waals surface area contributed by atoms with Gasteiger partial charge in [-0.2, -0.15) is 4.72 Å². The second kappa shape index (κ2) is 7.40. The van der Waals surface area contributed by atoms with Gasteiger partial charge in [-0.1, -0.05) is 11.8 Å². The van der Waals surface area contributed by atoms with Crippen LogP contribution >= 0.6 is 11.3 Å². The minimum absolute atomic E-state index is 0.0504. The maximum Gasteiger partial charge on any atom is 0.250 e. The molecule has 116 valence electrons. The van der Waals surface area contributed by atoms with Crippen molar-refractivity contribution in [2.24, 2.45) is 0 Å². The van der Waals surface area contributed by atoms with Crippen LogP contribution in [0.3, 0.4) is 0 Å². The van der Waals surface area contributed by atoms with Crippen LogP contribution in [-0.4, -0.2) is 26.6 Å². The highest BCUT2D eigenvalue weighted by atomic mass is 32.2. The van der Waals surface area contributed by atoms with Gasteiger partial charge in [-0.15, -0.1) is 11.3 Å². The molecule has 2 aromatic heterocycles. The van der Waals surface area contributed by atoms with Crippen LogP contribution in [0.25, 0.3) is 0 Å². The largest absolute Gasteiger partial charge is 0.479 e. The molecule has 0 radical (unpaired) electrons. The number of aromatic nitrogens is 1. The lowest BCUT2D eigenvalue weighted by Crippen LogP contribution is -2.23. The number of hydrogen-bond acceptors (Lipinski definition) is 5. The summed E-state index contributed by atoms with van der Waals surface area (Å²) < 4.78 is 32.0. The number of hydrogen-bond donors (Lipinski definition) is 1. The molecule has 0 unspecified atom stereocenters. The number of pyridine rings is 1. The van der Waals surface area contributed by atoms with E-state index < -0.39 is 10.0 Å². The predicted octanol–water partition coefficient (Wildman–Crippen LogP) is 2.12. The zero-order valence-electron chi connectivity index (χ0n) is 12.3. The number of nitrogens with zero attached hydrogens (tertiary/aromatic N) is 1. The van der Waals surface area contributed by atoms with E-state index in [1.54, 1.807) is 18.3 Å². The fourth-order valence-electron chi connectivity index (χ4n) is 1.53. The summed E-state index contributed by atoms with van der Waals surface area (Å²) in [5.74, 6) is 6.11. The molecule has 2 aromatic rings. The lowest BCUT2D eigenvalue weighted by molar-refractivity contribution is 0.368. The molecule has 2 rings (SSSR count). The zero-order valence-corrected chi connectivity index (χ0v) is 13.9. The van der Waals surface area contributed by atoms with E-state index in [9.17, 15) is 8.42 Å². The minimum Gasteiger partial charge on any atom is -0.479 e. The van der Waals surface area contributed by atoms with Crippen LogP contribution in [0.5, 0.6) is 5.75 Å². The first-order valence-electron chi connectivity index (χ1n) is 6.55. The van der Waals surface area contributed by atoms with Gasteiger partial charge >= 0.3 is 0 Å². The van der Waals surface area contributed by atoms with Crippen LogP contribution in [0.1, 0.15) is 10.6 Å². The van der Waals surface area contributed by atoms with Gasteiger partial charge in [-0.05, 0) is 38.1 Å². The molecule has 5 nitrogen and oxygen atoms in total. The number of rotatable bonds is 5. The second-order valence-corrected chi connectivity index (χ2v) is 7.75. The van der Waals surface area contributed by atoms with Crippen molar-refractivity contribution in [1.82, 2.24) is 9.71 Å². The van der Waals surface area contributed by atoms with Crippen molar-refractivity contribution in [2.45, 2.75) is 18.1 Å². The molecule has 2 heterocycles. The number of sulfonamides is 1. The fraction of sp³-hybridized carbons (Fsp3) is 0.267. The Bertz CT molecular complexity index is 784. The molecule has 22 heavy (non-hydrogen) atoms. The molecule has 0 saturated heterocycles. The van der Waals surface area contributed by atoms with E-state index in [1.807, 2.05) is 26.0 Å². The standard InChI is InChI=1S/C15H16N2O3S2/c1-12-5-7-14(11-16-12)20-10-4-3-9-17-22(18,19)15-8-6-13(2)21-15/h5-8,11,17H,9-10H2,1-2H3. The number of nitrogens with one attached hydrogen (secondary N) is 1. The van der Waals surface area contributed by atoms with Crippen molar-refractivity contribution in [1.29, 1.82) is 0 Å². The van der Waals surface area contributed by atoms with E-state index in [-0.39, 0.29) is 13.2 Å². The second-order valence-electron chi connectivity index (χ2n) is 4.47. The van der Waals surface area contributed by atoms with E-state index in [0.29, 0.717) is 9.96 Å². The van der Waals surface area contributed by atoms with Crippen LogP contribution in [-0.2, 0) is 10.0 Å². The first kappa shape index (κ1) is 16.5. The van der Waals surface area contributed by atoms with Crippen LogP contribution < -0.4 is 9.46 Å².